The van der Waals surface area contributed by atoms with Crippen LogP contribution in [0.5, 0.6) is 0 Å². The standard InChI is InChI=1S/C15H17N3O2S/c1-9(14-8-21-11(3)18-14)16-15(20)12-5-4-6-13(7-12)17-10(2)19/h4-9H,1-3H3,(H,16,20)(H,17,19). The summed E-state index contributed by atoms with van der Waals surface area (Å²) in [5.74, 6) is -0.362. The predicted molar refractivity (Wildman–Crippen MR) is 83.5 cm³/mol. The lowest BCUT2D eigenvalue weighted by Gasteiger charge is -2.12. The van der Waals surface area contributed by atoms with Crippen molar-refractivity contribution in [1.82, 2.24) is 10.3 Å². The first-order chi connectivity index (χ1) is 9.95. The van der Waals surface area contributed by atoms with E-state index in [0.717, 1.165) is 10.7 Å². The van der Waals surface area contributed by atoms with E-state index >= 15 is 0 Å². The Morgan fingerprint density at radius 2 is 2.10 bits per heavy atom. The molecule has 1 aromatic heterocycles. The number of nitrogens with one attached hydrogen (secondary N) is 2. The second-order valence-electron chi connectivity index (χ2n) is 4.75. The Hall–Kier alpha value is -2.21. The summed E-state index contributed by atoms with van der Waals surface area (Å²) < 4.78 is 0. The zero-order chi connectivity index (χ0) is 15.4. The number of amides is 2. The van der Waals surface area contributed by atoms with Crippen LogP contribution >= 0.6 is 11.3 Å². The second kappa shape index (κ2) is 6.49. The fourth-order valence-electron chi connectivity index (χ4n) is 1.87. The molecule has 1 heterocycles. The van der Waals surface area contributed by atoms with Crippen molar-refractivity contribution in [1.29, 1.82) is 0 Å². The minimum absolute atomic E-state index is 0.160. The molecule has 0 spiro atoms. The number of benzene rings is 1. The number of hydrogen-bond donors (Lipinski definition) is 2. The Labute approximate surface area is 127 Å². The monoisotopic (exact) mass is 303 g/mol. The van der Waals surface area contributed by atoms with Gasteiger partial charge in [-0.25, -0.2) is 4.98 Å². The summed E-state index contributed by atoms with van der Waals surface area (Å²) in [4.78, 5) is 27.6. The number of carbonyl (C=O) groups is 2. The van der Waals surface area contributed by atoms with Crippen molar-refractivity contribution < 1.29 is 9.59 Å². The van der Waals surface area contributed by atoms with Gasteiger partial charge in [0.05, 0.1) is 16.7 Å². The highest BCUT2D eigenvalue weighted by Gasteiger charge is 2.14. The number of nitrogens with zero attached hydrogens (tertiary/aromatic N) is 1. The minimum atomic E-state index is -0.194. The van der Waals surface area contributed by atoms with Gasteiger partial charge < -0.3 is 10.6 Å². The third-order valence-electron chi connectivity index (χ3n) is 2.87. The molecule has 2 aromatic rings. The smallest absolute Gasteiger partial charge is 0.251 e. The zero-order valence-electron chi connectivity index (χ0n) is 12.1. The molecule has 6 heteroatoms. The number of carbonyl (C=O) groups excluding carboxylic acids is 2. The first-order valence-electron chi connectivity index (χ1n) is 6.56. The van der Waals surface area contributed by atoms with Gasteiger partial charge in [0.2, 0.25) is 5.91 Å². The van der Waals surface area contributed by atoms with Crippen molar-refractivity contribution in [3.05, 3.63) is 45.9 Å². The topological polar surface area (TPSA) is 71.1 Å². The van der Waals surface area contributed by atoms with Gasteiger partial charge in [0.25, 0.3) is 5.91 Å². The lowest BCUT2D eigenvalue weighted by atomic mass is 10.1. The highest BCUT2D eigenvalue weighted by molar-refractivity contribution is 7.09. The average molecular weight is 303 g/mol. The molecule has 0 saturated heterocycles. The molecule has 110 valence electrons. The Kier molecular flexibility index (Phi) is 4.70. The molecule has 1 unspecified atom stereocenters. The maximum Gasteiger partial charge on any atom is 0.251 e. The van der Waals surface area contributed by atoms with Gasteiger partial charge in [0.1, 0.15) is 0 Å². The third kappa shape index (κ3) is 4.13. The van der Waals surface area contributed by atoms with E-state index in [-0.39, 0.29) is 17.9 Å². The molecule has 0 aliphatic carbocycles. The number of thiazole rings is 1. The number of rotatable bonds is 4. The van der Waals surface area contributed by atoms with E-state index < -0.39 is 0 Å². The normalized spacial score (nSPS) is 11.8. The number of hydrogen-bond acceptors (Lipinski definition) is 4. The summed E-state index contributed by atoms with van der Waals surface area (Å²) in [6.45, 7) is 5.25. The van der Waals surface area contributed by atoms with Crippen molar-refractivity contribution in [2.24, 2.45) is 0 Å². The molecule has 0 aliphatic heterocycles. The molecule has 0 saturated carbocycles. The molecule has 2 rings (SSSR count). The van der Waals surface area contributed by atoms with E-state index in [9.17, 15) is 9.59 Å². The second-order valence-corrected chi connectivity index (χ2v) is 5.81. The van der Waals surface area contributed by atoms with Gasteiger partial charge in [-0.3, -0.25) is 9.59 Å². The third-order valence-corrected chi connectivity index (χ3v) is 3.66. The number of aromatic nitrogens is 1. The van der Waals surface area contributed by atoms with E-state index in [1.165, 1.54) is 6.92 Å². The van der Waals surface area contributed by atoms with Crippen LogP contribution in [0.2, 0.25) is 0 Å². The van der Waals surface area contributed by atoms with Crippen LogP contribution < -0.4 is 10.6 Å². The Morgan fingerprint density at radius 3 is 2.71 bits per heavy atom. The van der Waals surface area contributed by atoms with Crippen LogP contribution in [0.3, 0.4) is 0 Å². The first kappa shape index (κ1) is 15.2. The van der Waals surface area contributed by atoms with Crippen molar-refractivity contribution in [3.8, 4) is 0 Å². The fourth-order valence-corrected chi connectivity index (χ4v) is 2.58. The van der Waals surface area contributed by atoms with Crippen LogP contribution in [-0.4, -0.2) is 16.8 Å². The zero-order valence-corrected chi connectivity index (χ0v) is 13.0. The summed E-state index contributed by atoms with van der Waals surface area (Å²) in [6, 6.07) is 6.67. The Balaban J connectivity index is 2.07. The highest BCUT2D eigenvalue weighted by atomic mass is 32.1. The lowest BCUT2D eigenvalue weighted by molar-refractivity contribution is -0.114. The molecular weight excluding hydrogens is 286 g/mol. The molecule has 1 aromatic carbocycles. The van der Waals surface area contributed by atoms with Crippen LogP contribution in [0, 0.1) is 6.92 Å². The van der Waals surface area contributed by atoms with Gasteiger partial charge in [0, 0.05) is 23.6 Å². The molecule has 2 N–H and O–H groups in total. The molecule has 0 fully saturated rings. The molecule has 5 nitrogen and oxygen atoms in total. The predicted octanol–water partition coefficient (Wildman–Crippen LogP) is 2.90. The maximum atomic E-state index is 12.2. The van der Waals surface area contributed by atoms with E-state index in [0.29, 0.717) is 11.3 Å². The summed E-state index contributed by atoms with van der Waals surface area (Å²) in [6.07, 6.45) is 0. The van der Waals surface area contributed by atoms with Gasteiger partial charge in [0.15, 0.2) is 0 Å². The molecule has 21 heavy (non-hydrogen) atoms. The van der Waals surface area contributed by atoms with Gasteiger partial charge in [-0.1, -0.05) is 6.07 Å². The van der Waals surface area contributed by atoms with Crippen molar-refractivity contribution >= 4 is 28.8 Å². The number of aryl methyl sites for hydroxylation is 1. The summed E-state index contributed by atoms with van der Waals surface area (Å²) in [7, 11) is 0. The van der Waals surface area contributed by atoms with Crippen molar-refractivity contribution in [3.63, 3.8) is 0 Å². The quantitative estimate of drug-likeness (QED) is 0.912. The summed E-state index contributed by atoms with van der Waals surface area (Å²) in [5.41, 5.74) is 1.95. The highest BCUT2D eigenvalue weighted by Crippen LogP contribution is 2.17. The first-order valence-corrected chi connectivity index (χ1v) is 7.44. The maximum absolute atomic E-state index is 12.2. The van der Waals surface area contributed by atoms with Crippen LogP contribution in [0.4, 0.5) is 5.69 Å². The fraction of sp³-hybridized carbons (Fsp3) is 0.267. The van der Waals surface area contributed by atoms with E-state index in [2.05, 4.69) is 15.6 Å². The molecule has 0 bridgehead atoms. The Bertz CT molecular complexity index is 666. The van der Waals surface area contributed by atoms with Crippen LogP contribution in [-0.2, 0) is 4.79 Å². The van der Waals surface area contributed by atoms with Crippen LogP contribution in [0.15, 0.2) is 29.6 Å². The van der Waals surface area contributed by atoms with Crippen LogP contribution in [0.25, 0.3) is 0 Å². The van der Waals surface area contributed by atoms with Gasteiger partial charge in [-0.2, -0.15) is 0 Å². The summed E-state index contributed by atoms with van der Waals surface area (Å²) >= 11 is 1.56. The Morgan fingerprint density at radius 1 is 1.33 bits per heavy atom. The molecule has 0 radical (unpaired) electrons. The SMILES string of the molecule is CC(=O)Nc1cccc(C(=O)NC(C)c2csc(C)n2)c1. The number of anilines is 1. The van der Waals surface area contributed by atoms with Gasteiger partial charge in [-0.15, -0.1) is 11.3 Å². The molecule has 0 aliphatic rings. The van der Waals surface area contributed by atoms with E-state index in [1.54, 1.807) is 35.6 Å². The van der Waals surface area contributed by atoms with E-state index in [1.807, 2.05) is 19.2 Å². The van der Waals surface area contributed by atoms with Gasteiger partial charge in [-0.05, 0) is 32.0 Å². The molecule has 1 atom stereocenters. The van der Waals surface area contributed by atoms with E-state index in [4.69, 9.17) is 0 Å². The molecule has 2 amide bonds. The van der Waals surface area contributed by atoms with Crippen molar-refractivity contribution in [2.75, 3.05) is 5.32 Å². The summed E-state index contributed by atoms with van der Waals surface area (Å²) in [5, 5.41) is 8.47. The van der Waals surface area contributed by atoms with Crippen molar-refractivity contribution in [2.45, 2.75) is 26.8 Å². The molecular formula is C15H17N3O2S. The average Bonchev–Trinajstić information content (AvgIpc) is 2.85. The lowest BCUT2D eigenvalue weighted by Crippen LogP contribution is -2.27. The minimum Gasteiger partial charge on any atom is -0.344 e. The van der Waals surface area contributed by atoms with Gasteiger partial charge >= 0.3 is 0 Å². The van der Waals surface area contributed by atoms with Crippen LogP contribution in [0.1, 0.15) is 40.9 Å². The largest absolute Gasteiger partial charge is 0.344 e.